The Morgan fingerprint density at radius 1 is 1.11 bits per heavy atom. The molecule has 0 rings (SSSR count). The van der Waals surface area contributed by atoms with Crippen LogP contribution in [0.25, 0.3) is 0 Å². The van der Waals surface area contributed by atoms with E-state index in [9.17, 15) is 8.42 Å². The van der Waals surface area contributed by atoms with Crippen LogP contribution in [-0.4, -0.2) is 37.9 Å². The highest BCUT2D eigenvalue weighted by molar-refractivity contribution is 7.88. The zero-order valence-corrected chi connectivity index (χ0v) is 13.9. The molecule has 4 nitrogen and oxygen atoms in total. The van der Waals surface area contributed by atoms with Crippen LogP contribution in [0.15, 0.2) is 0 Å². The molecule has 1 unspecified atom stereocenters. The summed E-state index contributed by atoms with van der Waals surface area (Å²) in [7, 11) is -3.25. The minimum Gasteiger partial charge on any atom is -0.365 e. The summed E-state index contributed by atoms with van der Waals surface area (Å²) in [5, 5.41) is 0. The molecule has 0 aliphatic carbocycles. The molecule has 0 saturated heterocycles. The van der Waals surface area contributed by atoms with Gasteiger partial charge in [-0.15, -0.1) is 0 Å². The van der Waals surface area contributed by atoms with Crippen molar-refractivity contribution in [3.63, 3.8) is 0 Å². The van der Waals surface area contributed by atoms with Crippen molar-refractivity contribution >= 4 is 10.0 Å². The van der Waals surface area contributed by atoms with E-state index in [0.29, 0.717) is 12.5 Å². The zero-order chi connectivity index (χ0) is 14.8. The summed E-state index contributed by atoms with van der Waals surface area (Å²) in [4.78, 5) is 0. The average molecular weight is 279 g/mol. The average Bonchev–Trinajstić information content (AvgIpc) is 2.05. The maximum atomic E-state index is 11.7. The lowest BCUT2D eigenvalue weighted by Gasteiger charge is -2.34. The van der Waals surface area contributed by atoms with Crippen molar-refractivity contribution in [2.24, 2.45) is 11.3 Å². The highest BCUT2D eigenvalue weighted by Gasteiger charge is 2.30. The molecule has 110 valence electrons. The summed E-state index contributed by atoms with van der Waals surface area (Å²) in [6.07, 6.45) is 1.22. The van der Waals surface area contributed by atoms with E-state index in [0.717, 1.165) is 0 Å². The summed E-state index contributed by atoms with van der Waals surface area (Å²) >= 11 is 0. The molecule has 0 aliphatic rings. The van der Waals surface area contributed by atoms with Gasteiger partial charge >= 0.3 is 0 Å². The molecule has 0 aliphatic heterocycles. The Morgan fingerprint density at radius 3 is 1.83 bits per heavy atom. The van der Waals surface area contributed by atoms with Crippen molar-refractivity contribution in [3.05, 3.63) is 0 Å². The molecular weight excluding hydrogens is 250 g/mol. The minimum absolute atomic E-state index is 0.114. The summed E-state index contributed by atoms with van der Waals surface area (Å²) in [5.74, 6) is 0.374. The Hall–Kier alpha value is -0.130. The molecule has 0 aromatic rings. The molecule has 0 radical (unpaired) electrons. The Kier molecular flexibility index (Phi) is 5.84. The number of hydrogen-bond acceptors (Lipinski definition) is 3. The van der Waals surface area contributed by atoms with Crippen LogP contribution in [0.3, 0.4) is 0 Å². The van der Waals surface area contributed by atoms with E-state index in [1.807, 2.05) is 20.8 Å². The standard InChI is InChI=1S/C13H29NO3S/c1-11(12(2,3)4)9-17-10-14(13(5,6)7)18(8,15)16/h11H,9-10H2,1-8H3. The van der Waals surface area contributed by atoms with Gasteiger partial charge in [-0.25, -0.2) is 8.42 Å². The third-order valence-corrected chi connectivity index (χ3v) is 4.66. The van der Waals surface area contributed by atoms with Crippen molar-refractivity contribution in [2.75, 3.05) is 19.6 Å². The van der Waals surface area contributed by atoms with Crippen molar-refractivity contribution < 1.29 is 13.2 Å². The van der Waals surface area contributed by atoms with Crippen molar-refractivity contribution in [1.82, 2.24) is 4.31 Å². The van der Waals surface area contributed by atoms with E-state index >= 15 is 0 Å². The number of sulfonamides is 1. The van der Waals surface area contributed by atoms with Gasteiger partial charge in [0.15, 0.2) is 0 Å². The second-order valence-electron chi connectivity index (χ2n) is 7.05. The maximum Gasteiger partial charge on any atom is 0.213 e. The van der Waals surface area contributed by atoms with Crippen LogP contribution in [0.1, 0.15) is 48.5 Å². The van der Waals surface area contributed by atoms with Gasteiger partial charge in [0.2, 0.25) is 10.0 Å². The van der Waals surface area contributed by atoms with E-state index in [1.54, 1.807) is 0 Å². The van der Waals surface area contributed by atoms with Gasteiger partial charge in [-0.3, -0.25) is 0 Å². The quantitative estimate of drug-likeness (QED) is 0.727. The molecule has 0 saturated carbocycles. The topological polar surface area (TPSA) is 46.6 Å². The van der Waals surface area contributed by atoms with Crippen LogP contribution >= 0.6 is 0 Å². The second-order valence-corrected chi connectivity index (χ2v) is 8.96. The molecule has 5 heteroatoms. The van der Waals surface area contributed by atoms with Gasteiger partial charge in [-0.1, -0.05) is 27.7 Å². The summed E-state index contributed by atoms with van der Waals surface area (Å²) < 4.78 is 30.4. The number of rotatable bonds is 5. The maximum absolute atomic E-state index is 11.7. The van der Waals surface area contributed by atoms with Gasteiger partial charge in [-0.2, -0.15) is 4.31 Å². The van der Waals surface area contributed by atoms with E-state index < -0.39 is 15.6 Å². The molecule has 1 atom stereocenters. The molecule has 0 N–H and O–H groups in total. The Morgan fingerprint density at radius 2 is 1.56 bits per heavy atom. The summed E-state index contributed by atoms with van der Waals surface area (Å²) in [6, 6.07) is 0. The van der Waals surface area contributed by atoms with Gasteiger partial charge in [0.1, 0.15) is 6.73 Å². The van der Waals surface area contributed by atoms with Crippen LogP contribution in [0.4, 0.5) is 0 Å². The van der Waals surface area contributed by atoms with Gasteiger partial charge in [0, 0.05) is 5.54 Å². The molecule has 0 bridgehead atoms. The lowest BCUT2D eigenvalue weighted by Crippen LogP contribution is -2.46. The van der Waals surface area contributed by atoms with E-state index in [-0.39, 0.29) is 12.1 Å². The van der Waals surface area contributed by atoms with Gasteiger partial charge < -0.3 is 4.74 Å². The molecule has 0 amide bonds. The van der Waals surface area contributed by atoms with Crippen LogP contribution in [-0.2, 0) is 14.8 Å². The molecule has 0 spiro atoms. The molecule has 0 fully saturated rings. The third-order valence-electron chi connectivity index (χ3n) is 3.20. The molecule has 0 aromatic carbocycles. The molecule has 0 heterocycles. The van der Waals surface area contributed by atoms with Crippen molar-refractivity contribution in [1.29, 1.82) is 0 Å². The first kappa shape index (κ1) is 17.9. The van der Waals surface area contributed by atoms with E-state index in [1.165, 1.54) is 10.6 Å². The first-order valence-corrected chi connectivity index (χ1v) is 8.16. The normalized spacial score (nSPS) is 16.1. The Bertz CT molecular complexity index is 349. The lowest BCUT2D eigenvalue weighted by molar-refractivity contribution is 0.00195. The predicted molar refractivity (Wildman–Crippen MR) is 75.9 cm³/mol. The smallest absolute Gasteiger partial charge is 0.213 e. The highest BCUT2D eigenvalue weighted by Crippen LogP contribution is 2.25. The van der Waals surface area contributed by atoms with Crippen molar-refractivity contribution in [2.45, 2.75) is 54.0 Å². The van der Waals surface area contributed by atoms with Gasteiger partial charge in [-0.05, 0) is 32.1 Å². The highest BCUT2D eigenvalue weighted by atomic mass is 32.2. The molecular formula is C13H29NO3S. The predicted octanol–water partition coefficient (Wildman–Crippen LogP) is 2.70. The zero-order valence-electron chi connectivity index (χ0n) is 13.1. The van der Waals surface area contributed by atoms with Gasteiger partial charge in [0.05, 0.1) is 12.9 Å². The fourth-order valence-electron chi connectivity index (χ4n) is 1.35. The molecule has 18 heavy (non-hydrogen) atoms. The number of nitrogens with zero attached hydrogens (tertiary/aromatic N) is 1. The first-order chi connectivity index (χ1) is 7.76. The monoisotopic (exact) mass is 279 g/mol. The number of ether oxygens (including phenoxy) is 1. The third kappa shape index (κ3) is 6.16. The fraction of sp³-hybridized carbons (Fsp3) is 1.00. The Labute approximate surface area is 113 Å². The summed E-state index contributed by atoms with van der Waals surface area (Å²) in [5.41, 5.74) is -0.295. The van der Waals surface area contributed by atoms with Crippen LogP contribution in [0, 0.1) is 11.3 Å². The van der Waals surface area contributed by atoms with E-state index in [4.69, 9.17) is 4.74 Å². The fourth-order valence-corrected chi connectivity index (χ4v) is 2.61. The number of hydrogen-bond donors (Lipinski definition) is 0. The van der Waals surface area contributed by atoms with Gasteiger partial charge in [0.25, 0.3) is 0 Å². The van der Waals surface area contributed by atoms with Crippen LogP contribution in [0.5, 0.6) is 0 Å². The largest absolute Gasteiger partial charge is 0.365 e. The van der Waals surface area contributed by atoms with Crippen LogP contribution < -0.4 is 0 Å². The minimum atomic E-state index is -3.25. The molecule has 0 aromatic heterocycles. The van der Waals surface area contributed by atoms with Crippen molar-refractivity contribution in [3.8, 4) is 0 Å². The SMILES string of the molecule is CC(COCN(C(C)(C)C)S(C)(=O)=O)C(C)(C)C. The second kappa shape index (κ2) is 5.88. The summed E-state index contributed by atoms with van der Waals surface area (Å²) in [6.45, 7) is 14.8. The first-order valence-electron chi connectivity index (χ1n) is 6.32. The van der Waals surface area contributed by atoms with E-state index in [2.05, 4.69) is 27.7 Å². The Balaban J connectivity index is 4.50. The lowest BCUT2D eigenvalue weighted by atomic mass is 9.83. The van der Waals surface area contributed by atoms with Crippen LogP contribution in [0.2, 0.25) is 0 Å².